The van der Waals surface area contributed by atoms with Gasteiger partial charge in [-0.3, -0.25) is 5.32 Å². The molecule has 0 radical (unpaired) electrons. The van der Waals surface area contributed by atoms with Crippen LogP contribution < -0.4 is 5.32 Å². The standard InChI is InChI=1S/C24H17N3O4S2/c25-12-18-21(26-23(29)30-13-15-4-2-1-3-5-15)19(31-27-18)7-6-17-10-16-11-20(33-22(16)32-17)24(14-28)8-9-24/h1-5,10-11,28H,8-9,13-14H2,(H,26,29). The SMILES string of the molecule is N#Cc1noc(C#Cc2cc3cc(C4(CO)CC4)sc3s2)c1NC(=O)OCc1ccccc1. The van der Waals surface area contributed by atoms with Crippen LogP contribution in [0.1, 0.15) is 39.6 Å². The van der Waals surface area contributed by atoms with Gasteiger partial charge in [0.15, 0.2) is 0 Å². The fraction of sp³-hybridized carbons (Fsp3) is 0.208. The number of aromatic nitrogens is 1. The maximum atomic E-state index is 12.2. The summed E-state index contributed by atoms with van der Waals surface area (Å²) in [6.07, 6.45) is 1.32. The molecule has 0 unspecified atom stereocenters. The van der Waals surface area contributed by atoms with E-state index in [0.29, 0.717) is 0 Å². The Labute approximate surface area is 197 Å². The molecule has 33 heavy (non-hydrogen) atoms. The van der Waals surface area contributed by atoms with E-state index in [1.165, 1.54) is 4.88 Å². The van der Waals surface area contributed by atoms with Crippen molar-refractivity contribution in [3.63, 3.8) is 0 Å². The third-order valence-corrected chi connectivity index (χ3v) is 7.98. The minimum absolute atomic E-state index is 0.0432. The zero-order valence-corrected chi connectivity index (χ0v) is 18.9. The number of benzene rings is 1. The molecule has 1 aliphatic rings. The number of ether oxygens (including phenoxy) is 1. The third kappa shape index (κ3) is 4.35. The number of nitrogens with one attached hydrogen (secondary N) is 1. The number of thiophene rings is 2. The fourth-order valence-corrected chi connectivity index (χ4v) is 5.88. The summed E-state index contributed by atoms with van der Waals surface area (Å²) in [5.74, 6) is 5.96. The Morgan fingerprint density at radius 3 is 2.76 bits per heavy atom. The second kappa shape index (κ2) is 8.72. The Morgan fingerprint density at radius 1 is 1.24 bits per heavy atom. The van der Waals surface area contributed by atoms with Gasteiger partial charge in [0.2, 0.25) is 11.5 Å². The van der Waals surface area contributed by atoms with Gasteiger partial charge in [-0.25, -0.2) is 4.79 Å². The van der Waals surface area contributed by atoms with Gasteiger partial charge in [-0.05, 0) is 42.4 Å². The summed E-state index contributed by atoms with van der Waals surface area (Å²) in [4.78, 5) is 14.3. The first kappa shape index (κ1) is 21.2. The second-order valence-electron chi connectivity index (χ2n) is 7.69. The maximum absolute atomic E-state index is 12.2. The molecule has 0 aliphatic heterocycles. The first-order valence-electron chi connectivity index (χ1n) is 10.1. The number of fused-ring (bicyclic) bond motifs is 1. The molecule has 9 heteroatoms. The lowest BCUT2D eigenvalue weighted by Crippen LogP contribution is -2.14. The number of aliphatic hydroxyl groups excluding tert-OH is 1. The van der Waals surface area contributed by atoms with Gasteiger partial charge in [-0.15, -0.1) is 22.7 Å². The molecule has 164 valence electrons. The molecule has 1 aliphatic carbocycles. The van der Waals surface area contributed by atoms with E-state index in [2.05, 4.69) is 28.4 Å². The number of amides is 1. The summed E-state index contributed by atoms with van der Waals surface area (Å²) >= 11 is 3.25. The Kier molecular flexibility index (Phi) is 5.61. The highest BCUT2D eigenvalue weighted by atomic mass is 32.2. The number of hydrogen-bond acceptors (Lipinski definition) is 8. The Balaban J connectivity index is 1.31. The zero-order chi connectivity index (χ0) is 22.8. The largest absolute Gasteiger partial charge is 0.444 e. The number of rotatable bonds is 5. The van der Waals surface area contributed by atoms with E-state index in [1.807, 2.05) is 42.5 Å². The highest BCUT2D eigenvalue weighted by Crippen LogP contribution is 2.52. The Hall–Kier alpha value is -3.63. The van der Waals surface area contributed by atoms with Crippen LogP contribution in [0.4, 0.5) is 10.5 Å². The van der Waals surface area contributed by atoms with Gasteiger partial charge in [0.05, 0.1) is 15.5 Å². The van der Waals surface area contributed by atoms with Crippen molar-refractivity contribution in [3.8, 4) is 17.9 Å². The number of nitrogens with zero attached hydrogens (tertiary/aromatic N) is 2. The average molecular weight is 476 g/mol. The lowest BCUT2D eigenvalue weighted by atomic mass is 10.1. The molecule has 4 aromatic rings. The topological polar surface area (TPSA) is 108 Å². The first-order valence-corrected chi connectivity index (χ1v) is 11.8. The van der Waals surface area contributed by atoms with Crippen LogP contribution in [0.15, 0.2) is 47.0 Å². The zero-order valence-electron chi connectivity index (χ0n) is 17.3. The van der Waals surface area contributed by atoms with E-state index in [0.717, 1.165) is 32.7 Å². The van der Waals surface area contributed by atoms with Crippen LogP contribution in [0, 0.1) is 23.2 Å². The molecule has 1 aromatic carbocycles. The maximum Gasteiger partial charge on any atom is 0.412 e. The van der Waals surface area contributed by atoms with Gasteiger partial charge in [0, 0.05) is 15.7 Å². The van der Waals surface area contributed by atoms with Gasteiger partial charge in [-0.2, -0.15) is 5.26 Å². The molecule has 3 heterocycles. The molecule has 1 saturated carbocycles. The normalized spacial score (nSPS) is 13.7. The van der Waals surface area contributed by atoms with Crippen LogP contribution >= 0.6 is 22.7 Å². The van der Waals surface area contributed by atoms with Crippen molar-refractivity contribution in [3.05, 3.63) is 69.2 Å². The van der Waals surface area contributed by atoms with Crippen LogP contribution in [0.3, 0.4) is 0 Å². The fourth-order valence-electron chi connectivity index (χ4n) is 3.34. The molecule has 3 aromatic heterocycles. The minimum atomic E-state index is -0.733. The van der Waals surface area contributed by atoms with Gasteiger partial charge in [-0.1, -0.05) is 35.5 Å². The van der Waals surface area contributed by atoms with Crippen molar-refractivity contribution in [1.29, 1.82) is 5.26 Å². The van der Waals surface area contributed by atoms with Crippen molar-refractivity contribution in [2.75, 3.05) is 11.9 Å². The number of carbonyl (C=O) groups is 1. The lowest BCUT2D eigenvalue weighted by molar-refractivity contribution is 0.155. The van der Waals surface area contributed by atoms with Crippen molar-refractivity contribution >= 4 is 43.9 Å². The summed E-state index contributed by atoms with van der Waals surface area (Å²) in [6, 6.07) is 15.3. The molecule has 0 bridgehead atoms. The van der Waals surface area contributed by atoms with E-state index in [1.54, 1.807) is 22.7 Å². The monoisotopic (exact) mass is 475 g/mol. The molecule has 7 nitrogen and oxygen atoms in total. The Morgan fingerprint density at radius 2 is 2.06 bits per heavy atom. The van der Waals surface area contributed by atoms with Gasteiger partial charge in [0.1, 0.15) is 18.4 Å². The molecule has 2 N–H and O–H groups in total. The number of hydrogen-bond donors (Lipinski definition) is 2. The lowest BCUT2D eigenvalue weighted by Gasteiger charge is -2.06. The number of carbonyl (C=O) groups excluding carboxylic acids is 1. The second-order valence-corrected chi connectivity index (χ2v) is 10.0. The van der Waals surface area contributed by atoms with E-state index in [9.17, 15) is 15.2 Å². The van der Waals surface area contributed by atoms with Crippen molar-refractivity contribution in [1.82, 2.24) is 5.16 Å². The number of aliphatic hydroxyl groups is 1. The summed E-state index contributed by atoms with van der Waals surface area (Å²) in [6.45, 7) is 0.274. The smallest absolute Gasteiger partial charge is 0.412 e. The number of anilines is 1. The van der Waals surface area contributed by atoms with Crippen LogP contribution in [0.2, 0.25) is 0 Å². The van der Waals surface area contributed by atoms with Crippen LogP contribution in [-0.4, -0.2) is 23.0 Å². The first-order chi connectivity index (χ1) is 16.1. The molecule has 1 fully saturated rings. The predicted molar refractivity (Wildman–Crippen MR) is 125 cm³/mol. The highest BCUT2D eigenvalue weighted by Gasteiger charge is 2.45. The average Bonchev–Trinajstić information content (AvgIpc) is 3.17. The summed E-state index contributed by atoms with van der Waals surface area (Å²) < 4.78 is 11.5. The van der Waals surface area contributed by atoms with Crippen molar-refractivity contribution in [2.24, 2.45) is 0 Å². The summed E-state index contributed by atoms with van der Waals surface area (Å²) in [7, 11) is 0. The quantitative estimate of drug-likeness (QED) is 0.394. The van der Waals surface area contributed by atoms with Crippen LogP contribution in [-0.2, 0) is 16.8 Å². The van der Waals surface area contributed by atoms with E-state index >= 15 is 0 Å². The molecule has 5 rings (SSSR count). The van der Waals surface area contributed by atoms with Crippen molar-refractivity contribution in [2.45, 2.75) is 24.9 Å². The van der Waals surface area contributed by atoms with Crippen LogP contribution in [0.25, 0.3) is 9.40 Å². The summed E-state index contributed by atoms with van der Waals surface area (Å²) in [5, 5.41) is 26.2. The molecular weight excluding hydrogens is 458 g/mol. The third-order valence-electron chi connectivity index (χ3n) is 5.43. The minimum Gasteiger partial charge on any atom is -0.444 e. The van der Waals surface area contributed by atoms with E-state index in [-0.39, 0.29) is 35.8 Å². The van der Waals surface area contributed by atoms with E-state index in [4.69, 9.17) is 9.26 Å². The van der Waals surface area contributed by atoms with E-state index < -0.39 is 6.09 Å². The molecule has 1 amide bonds. The van der Waals surface area contributed by atoms with Crippen molar-refractivity contribution < 1.29 is 19.2 Å². The van der Waals surface area contributed by atoms with Gasteiger partial charge >= 0.3 is 6.09 Å². The number of nitriles is 1. The van der Waals surface area contributed by atoms with Gasteiger partial charge in [0.25, 0.3) is 0 Å². The Bertz CT molecular complexity index is 1400. The predicted octanol–water partition coefficient (Wildman–Crippen LogP) is 4.99. The molecular formula is C24H17N3O4S2. The summed E-state index contributed by atoms with van der Waals surface area (Å²) in [5.41, 5.74) is 0.804. The molecule has 0 saturated heterocycles. The van der Waals surface area contributed by atoms with Crippen LogP contribution in [0.5, 0.6) is 0 Å². The molecule has 0 spiro atoms. The van der Waals surface area contributed by atoms with Gasteiger partial charge < -0.3 is 14.4 Å². The molecule has 0 atom stereocenters. The highest BCUT2D eigenvalue weighted by molar-refractivity contribution is 7.38.